The zero-order valence-electron chi connectivity index (χ0n) is 16.2. The van der Waals surface area contributed by atoms with Crippen molar-refractivity contribution in [3.63, 3.8) is 0 Å². The van der Waals surface area contributed by atoms with Gasteiger partial charge in [0.15, 0.2) is 11.8 Å². The van der Waals surface area contributed by atoms with Crippen LogP contribution < -0.4 is 10.6 Å². The summed E-state index contributed by atoms with van der Waals surface area (Å²) in [6, 6.07) is 7.54. The quantitative estimate of drug-likeness (QED) is 0.312. The summed E-state index contributed by atoms with van der Waals surface area (Å²) in [5, 5.41) is 13.0. The van der Waals surface area contributed by atoms with Crippen molar-refractivity contribution in [2.45, 2.75) is 51.4 Å². The summed E-state index contributed by atoms with van der Waals surface area (Å²) in [5.41, 5.74) is 1.88. The van der Waals surface area contributed by atoms with Crippen molar-refractivity contribution in [2.75, 3.05) is 6.54 Å². The van der Waals surface area contributed by atoms with Gasteiger partial charge in [-0.25, -0.2) is 9.98 Å². The summed E-state index contributed by atoms with van der Waals surface area (Å²) >= 11 is 0. The van der Waals surface area contributed by atoms with Crippen molar-refractivity contribution < 1.29 is 13.2 Å². The van der Waals surface area contributed by atoms with Crippen LogP contribution in [0.1, 0.15) is 38.2 Å². The average molecular weight is 522 g/mol. The van der Waals surface area contributed by atoms with Gasteiger partial charge in [-0.3, -0.25) is 5.10 Å². The Morgan fingerprint density at radius 1 is 1.31 bits per heavy atom. The standard InChI is InChI=1S/C19H25F3N6.HI/c1-2-23-18(27-16-8-4-7-15(10-16)19(20,21)22)24-11-13-5-3-6-14(9-13)17-25-12-26-28-17;/h3,5-6,9,12,15-16H,2,4,7-8,10-11H2,1H3,(H2,23,24,27)(H,25,26,28);1H. The van der Waals surface area contributed by atoms with Crippen LogP contribution >= 0.6 is 24.0 Å². The van der Waals surface area contributed by atoms with Crippen LogP contribution in [0.4, 0.5) is 13.2 Å². The molecule has 2 atom stereocenters. The van der Waals surface area contributed by atoms with Crippen molar-refractivity contribution >= 4 is 29.9 Å². The largest absolute Gasteiger partial charge is 0.391 e. The molecule has 0 saturated heterocycles. The summed E-state index contributed by atoms with van der Waals surface area (Å²) in [6.45, 7) is 2.98. The minimum Gasteiger partial charge on any atom is -0.357 e. The predicted molar refractivity (Wildman–Crippen MR) is 117 cm³/mol. The van der Waals surface area contributed by atoms with Crippen LogP contribution in [-0.2, 0) is 6.54 Å². The Morgan fingerprint density at radius 3 is 2.83 bits per heavy atom. The highest BCUT2D eigenvalue weighted by molar-refractivity contribution is 14.0. The monoisotopic (exact) mass is 522 g/mol. The Morgan fingerprint density at radius 2 is 2.14 bits per heavy atom. The molecule has 160 valence electrons. The second kappa shape index (κ2) is 10.8. The van der Waals surface area contributed by atoms with E-state index in [1.807, 2.05) is 31.2 Å². The van der Waals surface area contributed by atoms with Gasteiger partial charge in [-0.1, -0.05) is 24.6 Å². The topological polar surface area (TPSA) is 78.0 Å². The second-order valence-electron chi connectivity index (χ2n) is 6.98. The number of hydrogen-bond acceptors (Lipinski definition) is 3. The molecule has 0 radical (unpaired) electrons. The lowest BCUT2D eigenvalue weighted by Gasteiger charge is -2.31. The highest BCUT2D eigenvalue weighted by atomic mass is 127. The van der Waals surface area contributed by atoms with E-state index in [2.05, 4.69) is 30.8 Å². The molecular weight excluding hydrogens is 496 g/mol. The lowest BCUT2D eigenvalue weighted by Crippen LogP contribution is -2.46. The highest BCUT2D eigenvalue weighted by Crippen LogP contribution is 2.37. The lowest BCUT2D eigenvalue weighted by molar-refractivity contribution is -0.183. The van der Waals surface area contributed by atoms with Crippen molar-refractivity contribution in [1.29, 1.82) is 0 Å². The molecule has 0 aliphatic heterocycles. The zero-order chi connectivity index (χ0) is 20.0. The fourth-order valence-electron chi connectivity index (χ4n) is 3.46. The predicted octanol–water partition coefficient (Wildman–Crippen LogP) is 4.27. The summed E-state index contributed by atoms with van der Waals surface area (Å²) in [7, 11) is 0. The number of aromatic nitrogens is 3. The maximum absolute atomic E-state index is 13.0. The number of H-pyrrole nitrogens is 1. The van der Waals surface area contributed by atoms with Gasteiger partial charge < -0.3 is 10.6 Å². The van der Waals surface area contributed by atoms with Crippen LogP contribution in [0.3, 0.4) is 0 Å². The molecule has 1 aromatic carbocycles. The van der Waals surface area contributed by atoms with Crippen molar-refractivity contribution in [3.05, 3.63) is 36.2 Å². The molecule has 10 heteroatoms. The molecule has 29 heavy (non-hydrogen) atoms. The van der Waals surface area contributed by atoms with E-state index in [1.54, 1.807) is 0 Å². The number of rotatable bonds is 5. The average Bonchev–Trinajstić information content (AvgIpc) is 3.21. The molecule has 0 spiro atoms. The number of benzene rings is 1. The summed E-state index contributed by atoms with van der Waals surface area (Å²) in [5.74, 6) is -0.0168. The molecule has 3 rings (SSSR count). The number of nitrogens with zero attached hydrogens (tertiary/aromatic N) is 3. The van der Waals surface area contributed by atoms with E-state index in [1.165, 1.54) is 6.33 Å². The molecule has 1 aliphatic carbocycles. The van der Waals surface area contributed by atoms with Gasteiger partial charge in [-0.2, -0.15) is 18.3 Å². The number of aromatic amines is 1. The van der Waals surface area contributed by atoms with Crippen LogP contribution in [0.25, 0.3) is 11.4 Å². The van der Waals surface area contributed by atoms with E-state index in [-0.39, 0.29) is 42.9 Å². The summed E-state index contributed by atoms with van der Waals surface area (Å²) in [6.07, 6.45) is -1.08. The third-order valence-corrected chi connectivity index (χ3v) is 4.86. The fraction of sp³-hybridized carbons (Fsp3) is 0.526. The Bertz CT molecular complexity index is 779. The van der Waals surface area contributed by atoms with Crippen LogP contribution in [0, 0.1) is 5.92 Å². The van der Waals surface area contributed by atoms with E-state index < -0.39 is 12.1 Å². The molecule has 2 unspecified atom stereocenters. The van der Waals surface area contributed by atoms with Crippen LogP contribution in [-0.4, -0.2) is 39.9 Å². The number of alkyl halides is 3. The molecule has 0 bridgehead atoms. The van der Waals surface area contributed by atoms with Crippen molar-refractivity contribution in [2.24, 2.45) is 10.9 Å². The first-order valence-electron chi connectivity index (χ1n) is 9.52. The molecule has 1 aliphatic rings. The van der Waals surface area contributed by atoms with Gasteiger partial charge >= 0.3 is 6.18 Å². The number of guanidine groups is 1. The highest BCUT2D eigenvalue weighted by Gasteiger charge is 2.42. The first kappa shape index (κ1) is 23.4. The SMILES string of the molecule is CCNC(=NCc1cccc(-c2ncn[nH]2)c1)NC1CCCC(C(F)(F)F)C1.I. The van der Waals surface area contributed by atoms with Gasteiger partial charge in [0, 0.05) is 18.2 Å². The Kier molecular flexibility index (Phi) is 8.72. The molecule has 1 aromatic heterocycles. The van der Waals surface area contributed by atoms with E-state index >= 15 is 0 Å². The Labute approximate surface area is 185 Å². The Hall–Kier alpha value is -1.85. The fourth-order valence-corrected chi connectivity index (χ4v) is 3.46. The van der Waals surface area contributed by atoms with Crippen LogP contribution in [0.2, 0.25) is 0 Å². The summed E-state index contributed by atoms with van der Waals surface area (Å²) in [4.78, 5) is 8.69. The first-order valence-corrected chi connectivity index (χ1v) is 9.52. The third kappa shape index (κ3) is 6.86. The minimum atomic E-state index is -4.13. The van der Waals surface area contributed by atoms with Crippen molar-refractivity contribution in [3.8, 4) is 11.4 Å². The van der Waals surface area contributed by atoms with E-state index in [0.717, 1.165) is 17.5 Å². The van der Waals surface area contributed by atoms with E-state index in [4.69, 9.17) is 0 Å². The summed E-state index contributed by atoms with van der Waals surface area (Å²) < 4.78 is 39.1. The molecule has 1 saturated carbocycles. The smallest absolute Gasteiger partial charge is 0.357 e. The molecule has 3 N–H and O–H groups in total. The second-order valence-corrected chi connectivity index (χ2v) is 6.98. The molecule has 1 fully saturated rings. The Balaban J connectivity index is 0.00000300. The molecule has 1 heterocycles. The molecule has 2 aromatic rings. The number of aliphatic imine (C=N–C) groups is 1. The van der Waals surface area contributed by atoms with E-state index in [9.17, 15) is 13.2 Å². The third-order valence-electron chi connectivity index (χ3n) is 4.86. The lowest BCUT2D eigenvalue weighted by atomic mass is 9.85. The molecular formula is C19H26F3IN6. The normalized spacial score (nSPS) is 20.1. The zero-order valence-corrected chi connectivity index (χ0v) is 18.5. The maximum Gasteiger partial charge on any atom is 0.391 e. The van der Waals surface area contributed by atoms with E-state index in [0.29, 0.717) is 31.3 Å². The van der Waals surface area contributed by atoms with Crippen LogP contribution in [0.15, 0.2) is 35.6 Å². The first-order chi connectivity index (χ1) is 13.5. The number of nitrogens with one attached hydrogen (secondary N) is 3. The van der Waals surface area contributed by atoms with Gasteiger partial charge in [0.05, 0.1) is 12.5 Å². The van der Waals surface area contributed by atoms with Gasteiger partial charge in [0.25, 0.3) is 0 Å². The number of halogens is 4. The van der Waals surface area contributed by atoms with Crippen LogP contribution in [0.5, 0.6) is 0 Å². The molecule has 0 amide bonds. The van der Waals surface area contributed by atoms with Gasteiger partial charge in [0.2, 0.25) is 0 Å². The number of hydrogen-bond donors (Lipinski definition) is 3. The van der Waals surface area contributed by atoms with Gasteiger partial charge in [-0.15, -0.1) is 24.0 Å². The molecule has 6 nitrogen and oxygen atoms in total. The van der Waals surface area contributed by atoms with Gasteiger partial charge in [-0.05, 0) is 37.8 Å². The minimum absolute atomic E-state index is 0. The van der Waals surface area contributed by atoms with Gasteiger partial charge in [0.1, 0.15) is 6.33 Å². The maximum atomic E-state index is 13.0. The van der Waals surface area contributed by atoms with Crippen molar-refractivity contribution in [1.82, 2.24) is 25.8 Å².